The number of hydrazone groups is 1. The van der Waals surface area contributed by atoms with Gasteiger partial charge in [0.05, 0.1) is 11.8 Å². The van der Waals surface area contributed by atoms with E-state index in [9.17, 15) is 14.3 Å². The van der Waals surface area contributed by atoms with Crippen molar-refractivity contribution >= 4 is 17.8 Å². The van der Waals surface area contributed by atoms with Gasteiger partial charge < -0.3 is 10.0 Å². The number of aromatic hydroxyl groups is 1. The number of rotatable bonds is 6. The lowest BCUT2D eigenvalue weighted by molar-refractivity contribution is 0.0951. The van der Waals surface area contributed by atoms with Gasteiger partial charge >= 0.3 is 0 Å². The van der Waals surface area contributed by atoms with Crippen LogP contribution in [-0.4, -0.2) is 30.3 Å². The highest BCUT2D eigenvalue weighted by atomic mass is 19.1. The molecule has 6 heteroatoms. The van der Waals surface area contributed by atoms with Crippen LogP contribution in [0.3, 0.4) is 0 Å². The van der Waals surface area contributed by atoms with Crippen molar-refractivity contribution in [3.63, 3.8) is 0 Å². The second-order valence-electron chi connectivity index (χ2n) is 5.09. The molecule has 5 nitrogen and oxygen atoms in total. The summed E-state index contributed by atoms with van der Waals surface area (Å²) < 4.78 is 13.5. The van der Waals surface area contributed by atoms with Crippen LogP contribution in [0.5, 0.6) is 5.75 Å². The summed E-state index contributed by atoms with van der Waals surface area (Å²) in [6, 6.07) is 10.9. The largest absolute Gasteiger partial charge is 0.507 e. The SMILES string of the molecule is CCN(CC)c1ccc(C=NNC(=O)c2ccccc2F)c(O)c1. The molecule has 0 aliphatic rings. The second-order valence-corrected chi connectivity index (χ2v) is 5.09. The van der Waals surface area contributed by atoms with Crippen molar-refractivity contribution in [2.75, 3.05) is 18.0 Å². The standard InChI is InChI=1S/C18H20FN3O2/c1-3-22(4-2)14-10-9-13(17(23)11-14)12-20-21-18(24)15-7-5-6-8-16(15)19/h5-12,23H,3-4H2,1-2H3,(H,21,24). The van der Waals surface area contributed by atoms with Crippen LogP contribution in [-0.2, 0) is 0 Å². The first-order chi connectivity index (χ1) is 11.6. The Morgan fingerprint density at radius 1 is 1.25 bits per heavy atom. The van der Waals surface area contributed by atoms with Gasteiger partial charge in [-0.2, -0.15) is 5.10 Å². The molecule has 126 valence electrons. The van der Waals surface area contributed by atoms with E-state index in [1.54, 1.807) is 18.2 Å². The summed E-state index contributed by atoms with van der Waals surface area (Å²) in [5.74, 6) is -1.21. The average Bonchev–Trinajstić information content (AvgIpc) is 2.58. The van der Waals surface area contributed by atoms with Crippen LogP contribution >= 0.6 is 0 Å². The quantitative estimate of drug-likeness (QED) is 0.632. The van der Waals surface area contributed by atoms with E-state index in [1.165, 1.54) is 24.4 Å². The summed E-state index contributed by atoms with van der Waals surface area (Å²) in [6.07, 6.45) is 1.32. The van der Waals surface area contributed by atoms with E-state index in [4.69, 9.17) is 0 Å². The monoisotopic (exact) mass is 329 g/mol. The van der Waals surface area contributed by atoms with E-state index < -0.39 is 11.7 Å². The van der Waals surface area contributed by atoms with Gasteiger partial charge in [-0.1, -0.05) is 12.1 Å². The maximum Gasteiger partial charge on any atom is 0.274 e. The van der Waals surface area contributed by atoms with Gasteiger partial charge in [0, 0.05) is 30.4 Å². The third-order valence-electron chi connectivity index (χ3n) is 3.63. The van der Waals surface area contributed by atoms with Crippen molar-refractivity contribution < 1.29 is 14.3 Å². The third-order valence-corrected chi connectivity index (χ3v) is 3.63. The molecule has 2 aromatic rings. The molecule has 1 amide bonds. The van der Waals surface area contributed by atoms with E-state index in [0.717, 1.165) is 18.8 Å². The molecule has 0 fully saturated rings. The lowest BCUT2D eigenvalue weighted by Crippen LogP contribution is -2.21. The highest BCUT2D eigenvalue weighted by molar-refractivity contribution is 5.95. The Morgan fingerprint density at radius 3 is 2.58 bits per heavy atom. The zero-order valence-corrected chi connectivity index (χ0v) is 13.7. The fourth-order valence-corrected chi connectivity index (χ4v) is 2.29. The fourth-order valence-electron chi connectivity index (χ4n) is 2.29. The van der Waals surface area contributed by atoms with Crippen LogP contribution in [0.25, 0.3) is 0 Å². The first-order valence-electron chi connectivity index (χ1n) is 7.72. The first kappa shape index (κ1) is 17.5. The number of anilines is 1. The molecule has 0 saturated heterocycles. The van der Waals surface area contributed by atoms with Crippen molar-refractivity contribution in [3.05, 3.63) is 59.4 Å². The van der Waals surface area contributed by atoms with Crippen molar-refractivity contribution in [2.24, 2.45) is 5.10 Å². The van der Waals surface area contributed by atoms with Gasteiger partial charge in [-0.05, 0) is 38.1 Å². The number of benzene rings is 2. The van der Waals surface area contributed by atoms with E-state index in [2.05, 4.69) is 15.4 Å². The Kier molecular flexibility index (Phi) is 5.89. The predicted octanol–water partition coefficient (Wildman–Crippen LogP) is 3.14. The van der Waals surface area contributed by atoms with Gasteiger partial charge in [-0.15, -0.1) is 0 Å². The topological polar surface area (TPSA) is 64.9 Å². The predicted molar refractivity (Wildman–Crippen MR) is 93.1 cm³/mol. The van der Waals surface area contributed by atoms with E-state index in [0.29, 0.717) is 5.56 Å². The van der Waals surface area contributed by atoms with Crippen LogP contribution in [0.15, 0.2) is 47.6 Å². The van der Waals surface area contributed by atoms with Crippen LogP contribution in [0, 0.1) is 5.82 Å². The molecule has 24 heavy (non-hydrogen) atoms. The number of nitrogens with zero attached hydrogens (tertiary/aromatic N) is 2. The zero-order valence-electron chi connectivity index (χ0n) is 13.7. The van der Waals surface area contributed by atoms with Gasteiger partial charge in [0.1, 0.15) is 11.6 Å². The molecule has 2 rings (SSSR count). The molecule has 2 aromatic carbocycles. The Bertz CT molecular complexity index is 743. The number of phenolic OH excluding ortho intramolecular Hbond substituents is 1. The molecule has 0 aromatic heterocycles. The van der Waals surface area contributed by atoms with Crippen molar-refractivity contribution in [1.29, 1.82) is 0 Å². The minimum absolute atomic E-state index is 0.0586. The van der Waals surface area contributed by atoms with Gasteiger partial charge in [-0.25, -0.2) is 9.82 Å². The summed E-state index contributed by atoms with van der Waals surface area (Å²) in [6.45, 7) is 5.74. The van der Waals surface area contributed by atoms with E-state index in [1.807, 2.05) is 19.9 Å². The molecule has 0 radical (unpaired) electrons. The number of halogens is 1. The van der Waals surface area contributed by atoms with Gasteiger partial charge in [0.2, 0.25) is 0 Å². The fraction of sp³-hybridized carbons (Fsp3) is 0.222. The van der Waals surface area contributed by atoms with Gasteiger partial charge in [0.25, 0.3) is 5.91 Å². The van der Waals surface area contributed by atoms with Crippen LogP contribution in [0.2, 0.25) is 0 Å². The number of amides is 1. The highest BCUT2D eigenvalue weighted by Gasteiger charge is 2.09. The number of carbonyl (C=O) groups excluding carboxylic acids is 1. The molecule has 0 saturated carbocycles. The van der Waals surface area contributed by atoms with Crippen molar-refractivity contribution in [2.45, 2.75) is 13.8 Å². The molecule has 0 aliphatic carbocycles. The summed E-state index contributed by atoms with van der Waals surface area (Å²) >= 11 is 0. The normalized spacial score (nSPS) is 10.8. The summed E-state index contributed by atoms with van der Waals surface area (Å²) in [5.41, 5.74) is 3.52. The van der Waals surface area contributed by atoms with Crippen LogP contribution in [0.4, 0.5) is 10.1 Å². The molecule has 0 bridgehead atoms. The number of nitrogens with one attached hydrogen (secondary N) is 1. The number of hydrogen-bond donors (Lipinski definition) is 2. The molecular formula is C18H20FN3O2. The minimum Gasteiger partial charge on any atom is -0.507 e. The smallest absolute Gasteiger partial charge is 0.274 e. The molecule has 0 unspecified atom stereocenters. The number of carbonyl (C=O) groups is 1. The Balaban J connectivity index is 2.07. The van der Waals surface area contributed by atoms with Gasteiger partial charge in [0.15, 0.2) is 0 Å². The Labute approximate surface area is 140 Å². The highest BCUT2D eigenvalue weighted by Crippen LogP contribution is 2.23. The minimum atomic E-state index is -0.649. The Morgan fingerprint density at radius 2 is 1.96 bits per heavy atom. The lowest BCUT2D eigenvalue weighted by Gasteiger charge is -2.21. The van der Waals surface area contributed by atoms with Crippen molar-refractivity contribution in [1.82, 2.24) is 5.43 Å². The maximum atomic E-state index is 13.5. The average molecular weight is 329 g/mol. The Hall–Kier alpha value is -2.89. The van der Waals surface area contributed by atoms with E-state index in [-0.39, 0.29) is 11.3 Å². The van der Waals surface area contributed by atoms with Crippen LogP contribution < -0.4 is 10.3 Å². The first-order valence-corrected chi connectivity index (χ1v) is 7.72. The second kappa shape index (κ2) is 8.10. The zero-order chi connectivity index (χ0) is 17.5. The van der Waals surface area contributed by atoms with Gasteiger partial charge in [-0.3, -0.25) is 4.79 Å². The third kappa shape index (κ3) is 4.10. The maximum absolute atomic E-state index is 13.5. The molecule has 2 N–H and O–H groups in total. The summed E-state index contributed by atoms with van der Waals surface area (Å²) in [7, 11) is 0. The lowest BCUT2D eigenvalue weighted by atomic mass is 10.2. The van der Waals surface area contributed by atoms with Crippen molar-refractivity contribution in [3.8, 4) is 5.75 Å². The number of phenols is 1. The molecule has 0 atom stereocenters. The summed E-state index contributed by atoms with van der Waals surface area (Å²) in [5, 5.41) is 13.8. The van der Waals surface area contributed by atoms with Crippen LogP contribution in [0.1, 0.15) is 29.8 Å². The molecule has 0 spiro atoms. The number of hydrogen-bond acceptors (Lipinski definition) is 4. The summed E-state index contributed by atoms with van der Waals surface area (Å²) in [4.78, 5) is 13.9. The molecular weight excluding hydrogens is 309 g/mol. The molecule has 0 aliphatic heterocycles. The van der Waals surface area contributed by atoms with E-state index >= 15 is 0 Å². The molecule has 0 heterocycles.